The van der Waals surface area contributed by atoms with Gasteiger partial charge >= 0.3 is 18.3 Å². The molecule has 0 atom stereocenters. The SMILES string of the molecule is O=C1NC2(CO1)CN(C(=O)N1CCC(NC3(C(F)(F)F)CC3)CC1)C2. The molecule has 0 radical (unpaired) electrons. The molecule has 3 aliphatic heterocycles. The average Bonchev–Trinajstić information content (AvgIpc) is 3.20. The van der Waals surface area contributed by atoms with Gasteiger partial charge in [0.15, 0.2) is 0 Å². The van der Waals surface area contributed by atoms with Crippen LogP contribution in [0.4, 0.5) is 22.8 Å². The second-order valence-electron chi connectivity index (χ2n) is 7.61. The van der Waals surface area contributed by atoms with Crippen molar-refractivity contribution in [3.8, 4) is 0 Å². The molecule has 3 heterocycles. The second-order valence-corrected chi connectivity index (χ2v) is 7.61. The Bertz CT molecular complexity index is 579. The lowest BCUT2D eigenvalue weighted by molar-refractivity contribution is -0.168. The molecule has 4 rings (SSSR count). The van der Waals surface area contributed by atoms with E-state index in [0.29, 0.717) is 39.0 Å². The molecule has 10 heteroatoms. The maximum absolute atomic E-state index is 13.0. The van der Waals surface area contributed by atoms with E-state index in [4.69, 9.17) is 4.74 Å². The quantitative estimate of drug-likeness (QED) is 0.770. The Kier molecular flexibility index (Phi) is 3.61. The first-order valence-electron chi connectivity index (χ1n) is 8.55. The highest BCUT2D eigenvalue weighted by atomic mass is 19.4. The van der Waals surface area contributed by atoms with E-state index in [1.165, 1.54) is 0 Å². The summed E-state index contributed by atoms with van der Waals surface area (Å²) in [4.78, 5) is 26.9. The van der Waals surface area contributed by atoms with Crippen LogP contribution < -0.4 is 10.6 Å². The number of halogens is 3. The van der Waals surface area contributed by atoms with Gasteiger partial charge in [0.05, 0.1) is 13.1 Å². The number of hydrogen-bond acceptors (Lipinski definition) is 4. The normalized spacial score (nSPS) is 27.7. The van der Waals surface area contributed by atoms with Gasteiger partial charge in [-0.25, -0.2) is 9.59 Å². The summed E-state index contributed by atoms with van der Waals surface area (Å²) >= 11 is 0. The molecular weight excluding hydrogens is 341 g/mol. The minimum atomic E-state index is -4.21. The molecular formula is C15H21F3N4O3. The maximum atomic E-state index is 13.0. The summed E-state index contributed by atoms with van der Waals surface area (Å²) < 4.78 is 43.9. The first-order chi connectivity index (χ1) is 11.7. The van der Waals surface area contributed by atoms with Crippen LogP contribution in [0.3, 0.4) is 0 Å². The Labute approximate surface area is 142 Å². The third-order valence-corrected chi connectivity index (χ3v) is 5.64. The molecule has 140 valence electrons. The molecule has 2 N–H and O–H groups in total. The van der Waals surface area contributed by atoms with Gasteiger partial charge in [0.1, 0.15) is 17.7 Å². The van der Waals surface area contributed by atoms with Crippen molar-refractivity contribution < 1.29 is 27.5 Å². The van der Waals surface area contributed by atoms with Gasteiger partial charge in [-0.3, -0.25) is 0 Å². The Hall–Kier alpha value is -1.71. The topological polar surface area (TPSA) is 73.9 Å². The van der Waals surface area contributed by atoms with Gasteiger partial charge in [-0.15, -0.1) is 0 Å². The number of amides is 3. The number of piperidine rings is 1. The van der Waals surface area contributed by atoms with Crippen molar-refractivity contribution in [2.24, 2.45) is 0 Å². The Morgan fingerprint density at radius 1 is 1.20 bits per heavy atom. The molecule has 25 heavy (non-hydrogen) atoms. The average molecular weight is 362 g/mol. The summed E-state index contributed by atoms with van der Waals surface area (Å²) in [5.41, 5.74) is -2.16. The van der Waals surface area contributed by atoms with Crippen molar-refractivity contribution in [1.82, 2.24) is 20.4 Å². The van der Waals surface area contributed by atoms with E-state index in [2.05, 4.69) is 10.6 Å². The molecule has 4 fully saturated rings. The van der Waals surface area contributed by atoms with Gasteiger partial charge < -0.3 is 25.2 Å². The van der Waals surface area contributed by atoms with Gasteiger partial charge in [0.2, 0.25) is 0 Å². The Morgan fingerprint density at radius 2 is 1.84 bits per heavy atom. The van der Waals surface area contributed by atoms with E-state index in [1.807, 2.05) is 0 Å². The molecule has 1 aliphatic carbocycles. The van der Waals surface area contributed by atoms with Crippen LogP contribution in [-0.4, -0.2) is 78.0 Å². The van der Waals surface area contributed by atoms with Crippen molar-refractivity contribution >= 4 is 12.1 Å². The number of ether oxygens (including phenoxy) is 1. The highest BCUT2D eigenvalue weighted by Gasteiger charge is 2.63. The van der Waals surface area contributed by atoms with Crippen LogP contribution in [0, 0.1) is 0 Å². The van der Waals surface area contributed by atoms with Crippen molar-refractivity contribution in [3.05, 3.63) is 0 Å². The zero-order chi connectivity index (χ0) is 17.9. The van der Waals surface area contributed by atoms with Crippen LogP contribution >= 0.6 is 0 Å². The number of cyclic esters (lactones) is 1. The van der Waals surface area contributed by atoms with E-state index >= 15 is 0 Å². The Morgan fingerprint density at radius 3 is 2.32 bits per heavy atom. The van der Waals surface area contributed by atoms with Crippen LogP contribution in [0.2, 0.25) is 0 Å². The molecule has 0 aromatic rings. The van der Waals surface area contributed by atoms with Crippen molar-refractivity contribution in [1.29, 1.82) is 0 Å². The Balaban J connectivity index is 1.24. The van der Waals surface area contributed by atoms with Crippen LogP contribution in [0.5, 0.6) is 0 Å². The minimum absolute atomic E-state index is 0.123. The van der Waals surface area contributed by atoms with Gasteiger partial charge in [-0.2, -0.15) is 13.2 Å². The van der Waals surface area contributed by atoms with Gasteiger partial charge in [-0.05, 0) is 25.7 Å². The van der Waals surface area contributed by atoms with E-state index in [0.717, 1.165) is 0 Å². The fraction of sp³-hybridized carbons (Fsp3) is 0.867. The zero-order valence-electron chi connectivity index (χ0n) is 13.7. The molecule has 0 aromatic heterocycles. The summed E-state index contributed by atoms with van der Waals surface area (Å²) in [5, 5.41) is 5.49. The minimum Gasteiger partial charge on any atom is -0.447 e. The zero-order valence-corrected chi connectivity index (χ0v) is 13.7. The standard InChI is InChI=1S/C15H21F3N4O3/c16-15(17,18)14(3-4-14)19-10-1-5-21(6-2-10)12(24)22-7-13(8-22)9-25-11(23)20-13/h10,19H,1-9H2,(H,20,23). The summed E-state index contributed by atoms with van der Waals surface area (Å²) in [5.74, 6) is 0. The number of nitrogens with one attached hydrogen (secondary N) is 2. The number of carbonyl (C=O) groups is 2. The van der Waals surface area contributed by atoms with Crippen LogP contribution in [-0.2, 0) is 4.74 Å². The van der Waals surface area contributed by atoms with E-state index in [-0.39, 0.29) is 31.5 Å². The molecule has 3 saturated heterocycles. The molecule has 1 saturated carbocycles. The number of rotatable bonds is 2. The first-order valence-corrected chi connectivity index (χ1v) is 8.55. The lowest BCUT2D eigenvalue weighted by Gasteiger charge is -2.48. The van der Waals surface area contributed by atoms with Gasteiger partial charge in [-0.1, -0.05) is 0 Å². The third kappa shape index (κ3) is 2.90. The number of likely N-dealkylation sites (tertiary alicyclic amines) is 2. The highest BCUT2D eigenvalue weighted by Crippen LogP contribution is 2.49. The first kappa shape index (κ1) is 16.7. The fourth-order valence-electron chi connectivity index (χ4n) is 3.92. The summed E-state index contributed by atoms with van der Waals surface area (Å²) in [6.07, 6.45) is -3.36. The molecule has 0 aromatic carbocycles. The van der Waals surface area contributed by atoms with E-state index < -0.39 is 23.3 Å². The monoisotopic (exact) mass is 362 g/mol. The summed E-state index contributed by atoms with van der Waals surface area (Å²) in [6.45, 7) is 1.97. The summed E-state index contributed by atoms with van der Waals surface area (Å²) in [6, 6.07) is -0.333. The molecule has 1 spiro atoms. The summed E-state index contributed by atoms with van der Waals surface area (Å²) in [7, 11) is 0. The van der Waals surface area contributed by atoms with Crippen molar-refractivity contribution in [3.63, 3.8) is 0 Å². The van der Waals surface area contributed by atoms with E-state index in [9.17, 15) is 22.8 Å². The molecule has 4 aliphatic rings. The number of carbonyl (C=O) groups excluding carboxylic acids is 2. The molecule has 3 amide bonds. The maximum Gasteiger partial charge on any atom is 0.407 e. The van der Waals surface area contributed by atoms with Gasteiger partial charge in [0.25, 0.3) is 0 Å². The molecule has 7 nitrogen and oxygen atoms in total. The van der Waals surface area contributed by atoms with Crippen LogP contribution in [0.1, 0.15) is 25.7 Å². The number of alkyl halides is 3. The van der Waals surface area contributed by atoms with Crippen molar-refractivity contribution in [2.45, 2.75) is 49.0 Å². The van der Waals surface area contributed by atoms with Crippen LogP contribution in [0.15, 0.2) is 0 Å². The second kappa shape index (κ2) is 5.39. The lowest BCUT2D eigenvalue weighted by atomic mass is 9.92. The van der Waals surface area contributed by atoms with E-state index in [1.54, 1.807) is 9.80 Å². The number of nitrogens with zero attached hydrogens (tertiary/aromatic N) is 2. The smallest absolute Gasteiger partial charge is 0.407 e. The highest BCUT2D eigenvalue weighted by molar-refractivity contribution is 5.78. The predicted octanol–water partition coefficient (Wildman–Crippen LogP) is 1.05. The van der Waals surface area contributed by atoms with Crippen molar-refractivity contribution in [2.75, 3.05) is 32.8 Å². The molecule has 0 bridgehead atoms. The predicted molar refractivity (Wildman–Crippen MR) is 79.9 cm³/mol. The van der Waals surface area contributed by atoms with Gasteiger partial charge in [0, 0.05) is 19.1 Å². The fourth-order valence-corrected chi connectivity index (χ4v) is 3.92. The third-order valence-electron chi connectivity index (χ3n) is 5.64. The van der Waals surface area contributed by atoms with Crippen LogP contribution in [0.25, 0.3) is 0 Å². The number of alkyl carbamates (subject to hydrolysis) is 1. The number of urea groups is 1. The number of hydrogen-bond donors (Lipinski definition) is 2. The molecule has 0 unspecified atom stereocenters. The lowest BCUT2D eigenvalue weighted by Crippen LogP contribution is -2.71. The largest absolute Gasteiger partial charge is 0.447 e.